The van der Waals surface area contributed by atoms with Crippen LogP contribution in [0.2, 0.25) is 0 Å². The number of nitrogens with zero attached hydrogens (tertiary/aromatic N) is 1. The van der Waals surface area contributed by atoms with Crippen LogP contribution in [-0.4, -0.2) is 47.7 Å². The lowest BCUT2D eigenvalue weighted by Gasteiger charge is -2.36. The summed E-state index contributed by atoms with van der Waals surface area (Å²) in [4.78, 5) is 28.5. The standard InChI is InChI=1S/C21H31NO5S/c1-15(13-28-17(3)24)21(16(2)23,27-14-25-4)12-19-11-20(7-9-22-19)26-10-8-18-5-6-18/h7,9,11,15,18H,5-6,8,10,12-14H2,1-4H3. The number of aromatic nitrogens is 1. The highest BCUT2D eigenvalue weighted by molar-refractivity contribution is 8.13. The van der Waals surface area contributed by atoms with Crippen molar-refractivity contribution in [2.24, 2.45) is 11.8 Å². The average Bonchev–Trinajstić information content (AvgIpc) is 3.47. The zero-order valence-electron chi connectivity index (χ0n) is 17.2. The second kappa shape index (κ2) is 10.9. The molecule has 0 saturated heterocycles. The van der Waals surface area contributed by atoms with Crippen molar-refractivity contribution < 1.29 is 23.8 Å². The third-order valence-corrected chi connectivity index (χ3v) is 6.16. The van der Waals surface area contributed by atoms with E-state index in [9.17, 15) is 9.59 Å². The van der Waals surface area contributed by atoms with E-state index in [0.29, 0.717) is 18.8 Å². The molecular formula is C21H31NO5S. The largest absolute Gasteiger partial charge is 0.493 e. The Labute approximate surface area is 171 Å². The number of carbonyl (C=O) groups excluding carboxylic acids is 2. The normalized spacial score (nSPS) is 17.0. The number of pyridine rings is 1. The topological polar surface area (TPSA) is 74.7 Å². The van der Waals surface area contributed by atoms with E-state index in [2.05, 4.69) is 4.98 Å². The molecule has 6 nitrogen and oxygen atoms in total. The monoisotopic (exact) mass is 409 g/mol. The number of ketones is 1. The molecule has 0 N–H and O–H groups in total. The zero-order chi connectivity index (χ0) is 20.6. The van der Waals surface area contributed by atoms with Gasteiger partial charge in [0.2, 0.25) is 0 Å². The van der Waals surface area contributed by atoms with Crippen molar-refractivity contribution in [1.29, 1.82) is 0 Å². The molecule has 2 rings (SSSR count). The van der Waals surface area contributed by atoms with Crippen molar-refractivity contribution in [2.45, 2.75) is 52.1 Å². The first-order chi connectivity index (χ1) is 13.4. The molecule has 1 aliphatic rings. The molecule has 1 aromatic heterocycles. The molecule has 0 aromatic carbocycles. The molecule has 1 aliphatic carbocycles. The Hall–Kier alpha value is -1.44. The van der Waals surface area contributed by atoms with Gasteiger partial charge in [-0.3, -0.25) is 14.6 Å². The molecule has 1 aromatic rings. The van der Waals surface area contributed by atoms with E-state index >= 15 is 0 Å². The molecule has 0 amide bonds. The van der Waals surface area contributed by atoms with Crippen LogP contribution in [0, 0.1) is 11.8 Å². The smallest absolute Gasteiger partial charge is 0.185 e. The van der Waals surface area contributed by atoms with Crippen LogP contribution in [0.3, 0.4) is 0 Å². The van der Waals surface area contributed by atoms with Crippen LogP contribution in [0.25, 0.3) is 0 Å². The average molecular weight is 410 g/mol. The summed E-state index contributed by atoms with van der Waals surface area (Å²) in [5.74, 6) is 1.74. The van der Waals surface area contributed by atoms with Crippen LogP contribution in [0.15, 0.2) is 18.3 Å². The van der Waals surface area contributed by atoms with Crippen LogP contribution in [0.4, 0.5) is 0 Å². The lowest BCUT2D eigenvalue weighted by atomic mass is 9.82. The van der Waals surface area contributed by atoms with Gasteiger partial charge in [0.05, 0.1) is 6.61 Å². The number of rotatable bonds is 13. The Kier molecular flexibility index (Phi) is 8.92. The summed E-state index contributed by atoms with van der Waals surface area (Å²) in [6.07, 6.45) is 5.67. The summed E-state index contributed by atoms with van der Waals surface area (Å²) >= 11 is 1.19. The van der Waals surface area contributed by atoms with Gasteiger partial charge in [-0.05, 0) is 25.3 Å². The van der Waals surface area contributed by atoms with E-state index < -0.39 is 5.60 Å². The second-order valence-electron chi connectivity index (χ2n) is 7.44. The van der Waals surface area contributed by atoms with Gasteiger partial charge >= 0.3 is 0 Å². The van der Waals surface area contributed by atoms with Gasteiger partial charge in [-0.1, -0.05) is 31.5 Å². The highest BCUT2D eigenvalue weighted by atomic mass is 32.2. The molecule has 0 radical (unpaired) electrons. The lowest BCUT2D eigenvalue weighted by Crippen LogP contribution is -2.50. The summed E-state index contributed by atoms with van der Waals surface area (Å²) in [7, 11) is 1.52. The highest BCUT2D eigenvalue weighted by Crippen LogP contribution is 2.33. The fraction of sp³-hybridized carbons (Fsp3) is 0.667. The number of Topliss-reactive ketones (excluding diaryl/α,β-unsaturated/α-hetero) is 1. The van der Waals surface area contributed by atoms with E-state index in [0.717, 1.165) is 23.8 Å². The minimum Gasteiger partial charge on any atom is -0.493 e. The lowest BCUT2D eigenvalue weighted by molar-refractivity contribution is -0.171. The van der Waals surface area contributed by atoms with Gasteiger partial charge in [0.15, 0.2) is 10.9 Å². The molecule has 2 unspecified atom stereocenters. The second-order valence-corrected chi connectivity index (χ2v) is 8.64. The molecule has 1 saturated carbocycles. The molecule has 0 bridgehead atoms. The number of hydrogen-bond donors (Lipinski definition) is 0. The number of thioether (sulfide) groups is 1. The van der Waals surface area contributed by atoms with E-state index in [1.54, 1.807) is 6.20 Å². The van der Waals surface area contributed by atoms with Gasteiger partial charge in [0.1, 0.15) is 18.1 Å². The van der Waals surface area contributed by atoms with Crippen molar-refractivity contribution in [3.63, 3.8) is 0 Å². The maximum atomic E-state index is 12.7. The summed E-state index contributed by atoms with van der Waals surface area (Å²) < 4.78 is 16.8. The predicted octanol–water partition coefficient (Wildman–Crippen LogP) is 3.67. The molecule has 156 valence electrons. The van der Waals surface area contributed by atoms with Crippen LogP contribution >= 0.6 is 11.8 Å². The Morgan fingerprint density at radius 1 is 1.36 bits per heavy atom. The molecular weight excluding hydrogens is 378 g/mol. The van der Waals surface area contributed by atoms with Gasteiger partial charge in [0, 0.05) is 50.1 Å². The SMILES string of the molecule is COCOC(Cc1cc(OCCC2CC2)ccn1)(C(C)=O)C(C)CSC(C)=O. The van der Waals surface area contributed by atoms with Crippen molar-refractivity contribution >= 4 is 22.7 Å². The molecule has 0 spiro atoms. The maximum absolute atomic E-state index is 12.7. The minimum absolute atomic E-state index is 0.00770. The third kappa shape index (κ3) is 6.87. The zero-order valence-corrected chi connectivity index (χ0v) is 18.0. The summed E-state index contributed by atoms with van der Waals surface area (Å²) in [6.45, 7) is 5.64. The van der Waals surface area contributed by atoms with Gasteiger partial charge in [0.25, 0.3) is 0 Å². The van der Waals surface area contributed by atoms with E-state index in [1.165, 1.54) is 45.6 Å². The van der Waals surface area contributed by atoms with Gasteiger partial charge in [-0.2, -0.15) is 0 Å². The first-order valence-electron chi connectivity index (χ1n) is 9.72. The van der Waals surface area contributed by atoms with Crippen LogP contribution < -0.4 is 4.74 Å². The Balaban J connectivity index is 2.14. The van der Waals surface area contributed by atoms with Crippen molar-refractivity contribution in [2.75, 3.05) is 26.3 Å². The van der Waals surface area contributed by atoms with Crippen LogP contribution in [-0.2, 0) is 25.5 Å². The Morgan fingerprint density at radius 2 is 2.11 bits per heavy atom. The van der Waals surface area contributed by atoms with Gasteiger partial charge < -0.3 is 14.2 Å². The summed E-state index contributed by atoms with van der Waals surface area (Å²) in [6, 6.07) is 3.70. The molecule has 2 atom stereocenters. The van der Waals surface area contributed by atoms with E-state index in [1.807, 2.05) is 19.1 Å². The highest BCUT2D eigenvalue weighted by Gasteiger charge is 2.43. The predicted molar refractivity (Wildman–Crippen MR) is 109 cm³/mol. The Morgan fingerprint density at radius 3 is 2.71 bits per heavy atom. The van der Waals surface area contributed by atoms with Gasteiger partial charge in [-0.15, -0.1) is 0 Å². The fourth-order valence-electron chi connectivity index (χ4n) is 3.14. The molecule has 0 aliphatic heterocycles. The van der Waals surface area contributed by atoms with Crippen molar-refractivity contribution in [3.05, 3.63) is 24.0 Å². The van der Waals surface area contributed by atoms with Crippen LogP contribution in [0.5, 0.6) is 5.75 Å². The third-order valence-electron chi connectivity index (χ3n) is 5.09. The van der Waals surface area contributed by atoms with Crippen molar-refractivity contribution in [3.8, 4) is 5.75 Å². The summed E-state index contributed by atoms with van der Waals surface area (Å²) in [5.41, 5.74) is -0.396. The van der Waals surface area contributed by atoms with Crippen LogP contribution in [0.1, 0.15) is 45.7 Å². The van der Waals surface area contributed by atoms with Crippen molar-refractivity contribution in [1.82, 2.24) is 4.98 Å². The number of ether oxygens (including phenoxy) is 3. The quantitative estimate of drug-likeness (QED) is 0.460. The number of methoxy groups -OCH3 is 1. The van der Waals surface area contributed by atoms with Gasteiger partial charge in [-0.25, -0.2) is 0 Å². The maximum Gasteiger partial charge on any atom is 0.185 e. The molecule has 1 fully saturated rings. The summed E-state index contributed by atoms with van der Waals surface area (Å²) in [5, 5.41) is 0.0141. The number of hydrogen-bond acceptors (Lipinski definition) is 7. The first kappa shape index (κ1) is 22.8. The molecule has 28 heavy (non-hydrogen) atoms. The fourth-order valence-corrected chi connectivity index (χ4v) is 3.90. The first-order valence-corrected chi connectivity index (χ1v) is 10.7. The van der Waals surface area contributed by atoms with E-state index in [4.69, 9.17) is 14.2 Å². The molecule has 7 heteroatoms. The Bertz CT molecular complexity index is 664. The van der Waals surface area contributed by atoms with E-state index in [-0.39, 0.29) is 23.6 Å². The number of carbonyl (C=O) groups is 2. The molecule has 1 heterocycles. The minimum atomic E-state index is -1.11.